The number of carbonyl (C=O) groups is 3. The SMILES string of the molecule is CC(=O)NCCCCC(C(=O)NCCC(=O)O)N(C)C. The zero-order valence-corrected chi connectivity index (χ0v) is 12.4. The summed E-state index contributed by atoms with van der Waals surface area (Å²) in [5, 5.41) is 13.9. The normalized spacial score (nSPS) is 12.0. The van der Waals surface area contributed by atoms with E-state index in [9.17, 15) is 14.4 Å². The molecule has 0 aromatic heterocycles. The Balaban J connectivity index is 3.99. The highest BCUT2D eigenvalue weighted by atomic mass is 16.4. The lowest BCUT2D eigenvalue weighted by Crippen LogP contribution is -2.44. The molecule has 0 saturated carbocycles. The summed E-state index contributed by atoms with van der Waals surface area (Å²) in [6.07, 6.45) is 2.22. The van der Waals surface area contributed by atoms with E-state index >= 15 is 0 Å². The van der Waals surface area contributed by atoms with Gasteiger partial charge in [0.15, 0.2) is 0 Å². The maximum absolute atomic E-state index is 11.9. The maximum Gasteiger partial charge on any atom is 0.305 e. The summed E-state index contributed by atoms with van der Waals surface area (Å²) in [6.45, 7) is 2.22. The van der Waals surface area contributed by atoms with E-state index in [1.54, 1.807) is 0 Å². The third-order valence-corrected chi connectivity index (χ3v) is 2.84. The Kier molecular flexibility index (Phi) is 9.36. The van der Waals surface area contributed by atoms with Crippen molar-refractivity contribution >= 4 is 17.8 Å². The molecule has 3 N–H and O–H groups in total. The van der Waals surface area contributed by atoms with E-state index < -0.39 is 5.97 Å². The summed E-state index contributed by atoms with van der Waals surface area (Å²) in [7, 11) is 3.63. The van der Waals surface area contributed by atoms with E-state index in [-0.39, 0.29) is 30.8 Å². The zero-order valence-electron chi connectivity index (χ0n) is 12.4. The first kappa shape index (κ1) is 18.4. The topological polar surface area (TPSA) is 98.7 Å². The number of carboxylic acids is 1. The number of carbonyl (C=O) groups excluding carboxylic acids is 2. The van der Waals surface area contributed by atoms with Crippen molar-refractivity contribution in [1.82, 2.24) is 15.5 Å². The van der Waals surface area contributed by atoms with Gasteiger partial charge in [0.25, 0.3) is 0 Å². The molecule has 0 aliphatic rings. The van der Waals surface area contributed by atoms with Crippen molar-refractivity contribution in [2.75, 3.05) is 27.2 Å². The Morgan fingerprint density at radius 2 is 1.75 bits per heavy atom. The Morgan fingerprint density at radius 3 is 2.25 bits per heavy atom. The highest BCUT2D eigenvalue weighted by Gasteiger charge is 2.19. The fraction of sp³-hybridized carbons (Fsp3) is 0.769. The second kappa shape index (κ2) is 10.2. The number of likely N-dealkylation sites (N-methyl/N-ethyl adjacent to an activating group) is 1. The lowest BCUT2D eigenvalue weighted by molar-refractivity contribution is -0.137. The van der Waals surface area contributed by atoms with E-state index in [0.29, 0.717) is 13.0 Å². The van der Waals surface area contributed by atoms with E-state index in [1.807, 2.05) is 19.0 Å². The van der Waals surface area contributed by atoms with Crippen molar-refractivity contribution in [3.8, 4) is 0 Å². The first-order valence-corrected chi connectivity index (χ1v) is 6.75. The van der Waals surface area contributed by atoms with E-state index in [1.165, 1.54) is 6.92 Å². The first-order chi connectivity index (χ1) is 9.34. The van der Waals surface area contributed by atoms with Crippen molar-refractivity contribution < 1.29 is 19.5 Å². The Morgan fingerprint density at radius 1 is 1.10 bits per heavy atom. The van der Waals surface area contributed by atoms with Gasteiger partial charge in [-0.3, -0.25) is 19.3 Å². The standard InChI is InChI=1S/C13H25N3O4/c1-10(17)14-8-5-4-6-11(16(2)3)13(20)15-9-7-12(18)19/h11H,4-9H2,1-3H3,(H,14,17)(H,15,20)(H,18,19). The van der Waals surface area contributed by atoms with E-state index in [4.69, 9.17) is 5.11 Å². The van der Waals surface area contributed by atoms with Crippen molar-refractivity contribution in [1.29, 1.82) is 0 Å². The fourth-order valence-electron chi connectivity index (χ4n) is 1.76. The van der Waals surface area contributed by atoms with Gasteiger partial charge in [-0.1, -0.05) is 0 Å². The van der Waals surface area contributed by atoms with Crippen molar-refractivity contribution in [3.63, 3.8) is 0 Å². The molecule has 0 bridgehead atoms. The predicted octanol–water partition coefficient (Wildman–Crippen LogP) is -0.186. The average Bonchev–Trinajstić information content (AvgIpc) is 2.32. The minimum absolute atomic E-state index is 0.0550. The van der Waals surface area contributed by atoms with Crippen LogP contribution in [-0.2, 0) is 14.4 Å². The molecule has 0 rings (SSSR count). The van der Waals surface area contributed by atoms with Gasteiger partial charge in [-0.05, 0) is 33.4 Å². The van der Waals surface area contributed by atoms with Gasteiger partial charge in [0.05, 0.1) is 12.5 Å². The van der Waals surface area contributed by atoms with Crippen LogP contribution in [0.4, 0.5) is 0 Å². The smallest absolute Gasteiger partial charge is 0.305 e. The molecule has 0 aliphatic carbocycles. The molecule has 20 heavy (non-hydrogen) atoms. The maximum atomic E-state index is 11.9. The molecule has 0 heterocycles. The van der Waals surface area contributed by atoms with Crippen molar-refractivity contribution in [2.24, 2.45) is 0 Å². The molecule has 0 aliphatic heterocycles. The lowest BCUT2D eigenvalue weighted by atomic mass is 10.1. The monoisotopic (exact) mass is 287 g/mol. The van der Waals surface area contributed by atoms with Gasteiger partial charge >= 0.3 is 5.97 Å². The Bertz CT molecular complexity index is 332. The van der Waals surface area contributed by atoms with Crippen molar-refractivity contribution in [3.05, 3.63) is 0 Å². The van der Waals surface area contributed by atoms with E-state index in [0.717, 1.165) is 12.8 Å². The van der Waals surface area contributed by atoms with Gasteiger partial charge < -0.3 is 15.7 Å². The highest BCUT2D eigenvalue weighted by molar-refractivity contribution is 5.82. The molecule has 1 atom stereocenters. The second-order valence-electron chi connectivity index (χ2n) is 4.89. The van der Waals surface area contributed by atoms with Gasteiger partial charge in [0, 0.05) is 20.0 Å². The first-order valence-electron chi connectivity index (χ1n) is 6.75. The molecular weight excluding hydrogens is 262 g/mol. The van der Waals surface area contributed by atoms with Crippen LogP contribution < -0.4 is 10.6 Å². The molecule has 1 unspecified atom stereocenters. The van der Waals surface area contributed by atoms with Crippen molar-refractivity contribution in [2.45, 2.75) is 38.6 Å². The summed E-state index contributed by atoms with van der Waals surface area (Å²) in [6, 6.07) is -0.277. The molecule has 0 spiro atoms. The molecule has 116 valence electrons. The molecular formula is C13H25N3O4. The van der Waals surface area contributed by atoms with Crippen LogP contribution in [0.2, 0.25) is 0 Å². The van der Waals surface area contributed by atoms with E-state index in [2.05, 4.69) is 10.6 Å². The molecule has 0 radical (unpaired) electrons. The number of hydrogen-bond acceptors (Lipinski definition) is 4. The molecule has 0 aromatic carbocycles. The predicted molar refractivity (Wildman–Crippen MR) is 75.3 cm³/mol. The minimum Gasteiger partial charge on any atom is -0.481 e. The van der Waals surface area contributed by atoms with Crippen LogP contribution in [0.3, 0.4) is 0 Å². The number of rotatable bonds is 10. The second-order valence-corrected chi connectivity index (χ2v) is 4.89. The van der Waals surface area contributed by atoms with Crippen LogP contribution in [0.1, 0.15) is 32.6 Å². The fourth-order valence-corrected chi connectivity index (χ4v) is 1.76. The van der Waals surface area contributed by atoms with Crippen LogP contribution in [0.15, 0.2) is 0 Å². The quantitative estimate of drug-likeness (QED) is 0.484. The number of nitrogens with zero attached hydrogens (tertiary/aromatic N) is 1. The number of unbranched alkanes of at least 4 members (excludes halogenated alkanes) is 1. The van der Waals surface area contributed by atoms with Crippen LogP contribution >= 0.6 is 0 Å². The molecule has 7 heteroatoms. The third-order valence-electron chi connectivity index (χ3n) is 2.84. The number of nitrogens with one attached hydrogen (secondary N) is 2. The summed E-state index contributed by atoms with van der Waals surface area (Å²) in [5.41, 5.74) is 0. The van der Waals surface area contributed by atoms with Crippen LogP contribution in [0.25, 0.3) is 0 Å². The van der Waals surface area contributed by atoms with Gasteiger partial charge in [0.1, 0.15) is 0 Å². The Labute approximate surface area is 119 Å². The van der Waals surface area contributed by atoms with Crippen LogP contribution in [0.5, 0.6) is 0 Å². The average molecular weight is 287 g/mol. The summed E-state index contributed by atoms with van der Waals surface area (Å²) in [4.78, 5) is 34.8. The molecule has 0 saturated heterocycles. The molecule has 2 amide bonds. The number of aliphatic carboxylic acids is 1. The van der Waals surface area contributed by atoms with Gasteiger partial charge in [-0.25, -0.2) is 0 Å². The largest absolute Gasteiger partial charge is 0.481 e. The summed E-state index contributed by atoms with van der Waals surface area (Å²) >= 11 is 0. The number of hydrogen-bond donors (Lipinski definition) is 3. The minimum atomic E-state index is -0.929. The lowest BCUT2D eigenvalue weighted by Gasteiger charge is -2.23. The highest BCUT2D eigenvalue weighted by Crippen LogP contribution is 2.06. The summed E-state index contributed by atoms with van der Waals surface area (Å²) in [5.74, 6) is -1.14. The summed E-state index contributed by atoms with van der Waals surface area (Å²) < 4.78 is 0. The van der Waals surface area contributed by atoms with Gasteiger partial charge in [-0.2, -0.15) is 0 Å². The zero-order chi connectivity index (χ0) is 15.5. The third kappa shape index (κ3) is 9.32. The van der Waals surface area contributed by atoms with Gasteiger partial charge in [0.2, 0.25) is 11.8 Å². The number of amides is 2. The molecule has 7 nitrogen and oxygen atoms in total. The molecule has 0 fully saturated rings. The van der Waals surface area contributed by atoms with Crippen LogP contribution in [0, 0.1) is 0 Å². The van der Waals surface area contributed by atoms with Gasteiger partial charge in [-0.15, -0.1) is 0 Å². The molecule has 0 aromatic rings. The Hall–Kier alpha value is -1.63. The van der Waals surface area contributed by atoms with Crippen LogP contribution in [-0.4, -0.2) is 61.0 Å². The number of carboxylic acid groups (broad SMARTS) is 1.